The summed E-state index contributed by atoms with van der Waals surface area (Å²) in [5.74, 6) is 0. The number of aliphatic hydroxyl groups excluding tert-OH is 3. The van der Waals surface area contributed by atoms with Gasteiger partial charge in [-0.3, -0.25) is 0 Å². The molecular weight excluding hydrogens is 424 g/mol. The molecule has 0 aromatic rings. The van der Waals surface area contributed by atoms with Crippen molar-refractivity contribution in [2.24, 2.45) is 0 Å². The average molecular weight is 467 g/mol. The second kappa shape index (κ2) is 14.8. The maximum Gasteiger partial charge on any atom is 0.187 e. The summed E-state index contributed by atoms with van der Waals surface area (Å²) in [6, 6.07) is 0. The summed E-state index contributed by atoms with van der Waals surface area (Å²) < 4.78 is 40.0. The molecule has 2 aliphatic heterocycles. The van der Waals surface area contributed by atoms with Gasteiger partial charge in [0.25, 0.3) is 0 Å². The molecule has 2 heterocycles. The molecule has 2 fully saturated rings. The highest BCUT2D eigenvalue weighted by atomic mass is 16.8. The van der Waals surface area contributed by atoms with E-state index in [0.717, 1.165) is 12.8 Å². The maximum atomic E-state index is 10.2. The van der Waals surface area contributed by atoms with Crippen molar-refractivity contribution in [2.75, 3.05) is 41.2 Å². The van der Waals surface area contributed by atoms with Gasteiger partial charge in [0.05, 0.1) is 13.2 Å². The molecule has 3 N–H and O–H groups in total. The maximum absolute atomic E-state index is 10.2. The number of hydrogen-bond donors (Lipinski definition) is 3. The minimum Gasteiger partial charge on any atom is -0.394 e. The van der Waals surface area contributed by atoms with Gasteiger partial charge in [0.2, 0.25) is 0 Å². The van der Waals surface area contributed by atoms with E-state index in [2.05, 4.69) is 6.92 Å². The Bertz CT molecular complexity index is 495. The summed E-state index contributed by atoms with van der Waals surface area (Å²) in [6.07, 6.45) is -0.655. The minimum atomic E-state index is -1.31. The Morgan fingerprint density at radius 1 is 0.844 bits per heavy atom. The molecule has 10 nitrogen and oxygen atoms in total. The molecular formula is C22H42O10. The minimum absolute atomic E-state index is 0.123. The van der Waals surface area contributed by atoms with Crippen LogP contribution in [-0.2, 0) is 33.2 Å². The predicted octanol–water partition coefficient (Wildman–Crippen LogP) is 0.589. The van der Waals surface area contributed by atoms with Crippen molar-refractivity contribution in [1.29, 1.82) is 0 Å². The quantitative estimate of drug-likeness (QED) is 0.278. The number of unbranched alkanes of at least 4 members (excludes halogenated alkanes) is 5. The molecule has 0 unspecified atom stereocenters. The van der Waals surface area contributed by atoms with Crippen molar-refractivity contribution in [2.45, 2.75) is 101 Å². The third-order valence-corrected chi connectivity index (χ3v) is 6.04. The number of rotatable bonds is 16. The Hall–Kier alpha value is -0.400. The first-order chi connectivity index (χ1) is 15.5. The van der Waals surface area contributed by atoms with E-state index in [-0.39, 0.29) is 6.61 Å². The van der Waals surface area contributed by atoms with Crippen molar-refractivity contribution in [3.63, 3.8) is 0 Å². The number of aliphatic hydroxyl groups is 3. The molecule has 0 aromatic carbocycles. The van der Waals surface area contributed by atoms with E-state index in [4.69, 9.17) is 33.2 Å². The lowest BCUT2D eigenvalue weighted by Gasteiger charge is -2.30. The van der Waals surface area contributed by atoms with Crippen molar-refractivity contribution in [3.05, 3.63) is 0 Å². The summed E-state index contributed by atoms with van der Waals surface area (Å²) >= 11 is 0. The lowest BCUT2D eigenvalue weighted by Crippen LogP contribution is -2.47. The highest BCUT2D eigenvalue weighted by Crippen LogP contribution is 2.32. The molecule has 9 atom stereocenters. The predicted molar refractivity (Wildman–Crippen MR) is 114 cm³/mol. The van der Waals surface area contributed by atoms with E-state index < -0.39 is 61.9 Å². The van der Waals surface area contributed by atoms with Gasteiger partial charge in [-0.05, 0) is 6.42 Å². The smallest absolute Gasteiger partial charge is 0.187 e. The first-order valence-corrected chi connectivity index (χ1v) is 11.6. The fraction of sp³-hybridized carbons (Fsp3) is 1.00. The zero-order valence-corrected chi connectivity index (χ0v) is 19.8. The zero-order chi connectivity index (χ0) is 23.5. The van der Waals surface area contributed by atoms with Crippen molar-refractivity contribution in [1.82, 2.24) is 0 Å². The monoisotopic (exact) mass is 466 g/mol. The molecule has 10 heteroatoms. The first-order valence-electron chi connectivity index (χ1n) is 11.6. The van der Waals surface area contributed by atoms with E-state index in [1.165, 1.54) is 32.8 Å². The summed E-state index contributed by atoms with van der Waals surface area (Å²) in [7, 11) is 4.64. The van der Waals surface area contributed by atoms with E-state index in [0.29, 0.717) is 6.61 Å². The molecule has 2 saturated heterocycles. The van der Waals surface area contributed by atoms with Crippen molar-refractivity contribution < 1.29 is 48.5 Å². The van der Waals surface area contributed by atoms with Gasteiger partial charge in [0.15, 0.2) is 12.6 Å². The van der Waals surface area contributed by atoms with Crippen LogP contribution in [0.2, 0.25) is 0 Å². The highest BCUT2D eigenvalue weighted by Gasteiger charge is 2.52. The van der Waals surface area contributed by atoms with E-state index in [1.54, 1.807) is 14.2 Å². The Morgan fingerprint density at radius 2 is 1.53 bits per heavy atom. The Balaban J connectivity index is 1.96. The van der Waals surface area contributed by atoms with Gasteiger partial charge in [-0.1, -0.05) is 39.0 Å². The molecule has 0 bridgehead atoms. The van der Waals surface area contributed by atoms with Gasteiger partial charge in [-0.25, -0.2) is 0 Å². The van der Waals surface area contributed by atoms with Gasteiger partial charge in [0.1, 0.15) is 42.7 Å². The van der Waals surface area contributed by atoms with Crippen LogP contribution in [0.25, 0.3) is 0 Å². The second-order valence-electron chi connectivity index (χ2n) is 8.34. The van der Waals surface area contributed by atoms with Crippen LogP contribution in [0.3, 0.4) is 0 Å². The van der Waals surface area contributed by atoms with E-state index in [1.807, 2.05) is 0 Å². The Labute approximate surface area is 191 Å². The molecule has 190 valence electrons. The molecule has 0 saturated carbocycles. The van der Waals surface area contributed by atoms with Gasteiger partial charge in [0, 0.05) is 27.9 Å². The topological polar surface area (TPSA) is 125 Å². The van der Waals surface area contributed by atoms with Crippen LogP contribution < -0.4 is 0 Å². The average Bonchev–Trinajstić information content (AvgIpc) is 3.29. The Kier molecular flexibility index (Phi) is 12.9. The normalized spacial score (nSPS) is 36.1. The summed E-state index contributed by atoms with van der Waals surface area (Å²) in [4.78, 5) is 0. The van der Waals surface area contributed by atoms with Gasteiger partial charge >= 0.3 is 0 Å². The number of hydrogen-bond acceptors (Lipinski definition) is 10. The summed E-state index contributed by atoms with van der Waals surface area (Å²) in [6.45, 7) is 2.43. The molecule has 32 heavy (non-hydrogen) atoms. The SMILES string of the molecule is CCCCCCCCO[C@@H]1O[C@H]([C@@H](COC)O[C@H]2O[C@H](CO)[C@@H](O)[C@@H]2O)[C@H](OC)[C@H]1OC. The van der Waals surface area contributed by atoms with E-state index in [9.17, 15) is 15.3 Å². The number of ether oxygens (including phenoxy) is 7. The van der Waals surface area contributed by atoms with Crippen LogP contribution in [0, 0.1) is 0 Å². The van der Waals surface area contributed by atoms with Crippen molar-refractivity contribution >= 4 is 0 Å². The van der Waals surface area contributed by atoms with Gasteiger partial charge in [-0.15, -0.1) is 0 Å². The molecule has 0 amide bonds. The molecule has 2 rings (SSSR count). The van der Waals surface area contributed by atoms with Crippen LogP contribution in [0.4, 0.5) is 0 Å². The van der Waals surface area contributed by atoms with Gasteiger partial charge in [-0.2, -0.15) is 0 Å². The van der Waals surface area contributed by atoms with Crippen molar-refractivity contribution in [3.8, 4) is 0 Å². The fourth-order valence-corrected chi connectivity index (χ4v) is 4.21. The Morgan fingerprint density at radius 3 is 2.12 bits per heavy atom. The zero-order valence-electron chi connectivity index (χ0n) is 19.8. The second-order valence-corrected chi connectivity index (χ2v) is 8.34. The van der Waals surface area contributed by atoms with Crippen LogP contribution >= 0.6 is 0 Å². The summed E-state index contributed by atoms with van der Waals surface area (Å²) in [5, 5.41) is 29.6. The lowest BCUT2D eigenvalue weighted by molar-refractivity contribution is -0.242. The largest absolute Gasteiger partial charge is 0.394 e. The van der Waals surface area contributed by atoms with Crippen LogP contribution in [-0.4, -0.2) is 112 Å². The van der Waals surface area contributed by atoms with Crippen LogP contribution in [0.1, 0.15) is 45.4 Å². The summed E-state index contributed by atoms with van der Waals surface area (Å²) in [5.41, 5.74) is 0. The van der Waals surface area contributed by atoms with Crippen LogP contribution in [0.15, 0.2) is 0 Å². The standard InChI is InChI=1S/C22H42O10/c1-5-6-7-8-9-10-11-29-22-20(28-4)19(27-3)18(32-22)15(13-26-2)31-21-17(25)16(24)14(12-23)30-21/h14-25H,5-13H2,1-4H3/t14-,15-,16-,17+,18-,19+,20-,21-,22-/m1/s1. The molecule has 0 spiro atoms. The molecule has 0 radical (unpaired) electrons. The molecule has 0 aromatic heterocycles. The fourth-order valence-electron chi connectivity index (χ4n) is 4.21. The third kappa shape index (κ3) is 7.30. The first kappa shape index (κ1) is 27.8. The number of methoxy groups -OCH3 is 3. The van der Waals surface area contributed by atoms with Crippen LogP contribution in [0.5, 0.6) is 0 Å². The molecule has 0 aliphatic carbocycles. The van der Waals surface area contributed by atoms with E-state index >= 15 is 0 Å². The third-order valence-electron chi connectivity index (χ3n) is 6.04. The lowest BCUT2D eigenvalue weighted by atomic mass is 10.1. The highest BCUT2D eigenvalue weighted by molar-refractivity contribution is 4.95. The molecule has 2 aliphatic rings. The van der Waals surface area contributed by atoms with Gasteiger partial charge < -0.3 is 48.5 Å².